The van der Waals surface area contributed by atoms with Crippen LogP contribution in [0.1, 0.15) is 16.7 Å². The molecule has 0 saturated heterocycles. The molecule has 216 valence electrons. The lowest BCUT2D eigenvalue weighted by Gasteiger charge is -2.19. The fourth-order valence-corrected chi connectivity index (χ4v) is 5.07. The van der Waals surface area contributed by atoms with Crippen LogP contribution in [0.2, 0.25) is 0 Å². The number of carbonyl (C=O) groups excluding carboxylic acids is 2. The Bertz CT molecular complexity index is 1350. The van der Waals surface area contributed by atoms with Crippen molar-refractivity contribution < 1.29 is 56.6 Å². The number of nitrogens with two attached hydrogens (primary N) is 1. The Morgan fingerprint density at radius 3 is 2.10 bits per heavy atom. The van der Waals surface area contributed by atoms with Crippen molar-refractivity contribution in [1.29, 1.82) is 0 Å². The van der Waals surface area contributed by atoms with E-state index in [2.05, 4.69) is 15.6 Å². The molecule has 2 N–H and O–H groups in total. The van der Waals surface area contributed by atoms with Gasteiger partial charge in [0.05, 0.1) is 26.3 Å². The first-order valence-corrected chi connectivity index (χ1v) is 14.8. The van der Waals surface area contributed by atoms with Crippen molar-refractivity contribution in [2.75, 3.05) is 14.2 Å². The minimum Gasteiger partial charge on any atom is -0.460 e. The SMILES string of the molecule is COS(=O)(=O)OSc1ccc(OOC(=O)C(N)C(SOS(=O)(=O)OC)C(=O)OCc2ccccc2)c(C)c1C. The lowest BCUT2D eigenvalue weighted by molar-refractivity contribution is -0.215. The molecule has 18 heteroatoms. The predicted octanol–water partition coefficient (Wildman–Crippen LogP) is 2.05. The third kappa shape index (κ3) is 10.2. The summed E-state index contributed by atoms with van der Waals surface area (Å²) in [5.74, 6) is -2.27. The normalized spacial score (nSPS) is 13.4. The first-order chi connectivity index (χ1) is 18.3. The molecule has 0 aromatic heterocycles. The summed E-state index contributed by atoms with van der Waals surface area (Å²) in [7, 11) is -6.91. The lowest BCUT2D eigenvalue weighted by atomic mass is 10.1. The standard InChI is InChI=1S/C21H25NO13S4/c1-13-14(2)17(36-34-38(25,26)29-3)11-10-16(13)32-33-20(23)18(22)19(37-35-39(27,28)30-4)21(24)31-12-15-8-6-5-7-9-15/h5-11,18-19H,12,22H2,1-4H3. The molecule has 39 heavy (non-hydrogen) atoms. The van der Waals surface area contributed by atoms with E-state index in [4.69, 9.17) is 20.2 Å². The van der Waals surface area contributed by atoms with E-state index >= 15 is 0 Å². The van der Waals surface area contributed by atoms with Gasteiger partial charge in [0.2, 0.25) is 0 Å². The second-order valence-corrected chi connectivity index (χ2v) is 12.0. The van der Waals surface area contributed by atoms with Crippen LogP contribution in [0, 0.1) is 13.8 Å². The van der Waals surface area contributed by atoms with E-state index in [0.29, 0.717) is 33.6 Å². The summed E-state index contributed by atoms with van der Waals surface area (Å²) in [4.78, 5) is 35.5. The number of rotatable bonds is 15. The highest BCUT2D eigenvalue weighted by molar-refractivity contribution is 8.04. The average Bonchev–Trinajstić information content (AvgIpc) is 2.92. The number of esters is 1. The highest BCUT2D eigenvalue weighted by Crippen LogP contribution is 2.32. The minimum atomic E-state index is -4.50. The topological polar surface area (TPSA) is 193 Å². The fraction of sp³-hybridized carbons (Fsp3) is 0.333. The van der Waals surface area contributed by atoms with E-state index in [9.17, 15) is 26.4 Å². The van der Waals surface area contributed by atoms with E-state index in [1.807, 2.05) is 0 Å². The third-order valence-corrected chi connectivity index (χ3v) is 8.85. The Morgan fingerprint density at radius 1 is 0.872 bits per heavy atom. The van der Waals surface area contributed by atoms with Crippen LogP contribution in [-0.2, 0) is 62.2 Å². The van der Waals surface area contributed by atoms with Crippen LogP contribution in [0.25, 0.3) is 0 Å². The summed E-state index contributed by atoms with van der Waals surface area (Å²) >= 11 is 0.553. The molecule has 2 atom stereocenters. The van der Waals surface area contributed by atoms with Gasteiger partial charge in [0.15, 0.2) is 11.0 Å². The summed E-state index contributed by atoms with van der Waals surface area (Å²) in [5, 5.41) is -1.70. The Balaban J connectivity index is 2.10. The van der Waals surface area contributed by atoms with Gasteiger partial charge in [-0.2, -0.15) is 24.1 Å². The average molecular weight is 628 g/mol. The number of carbonyl (C=O) groups is 2. The fourth-order valence-electron chi connectivity index (χ4n) is 2.50. The second kappa shape index (κ2) is 14.8. The van der Waals surface area contributed by atoms with E-state index in [1.165, 1.54) is 12.1 Å². The zero-order valence-corrected chi connectivity index (χ0v) is 24.2. The van der Waals surface area contributed by atoms with Crippen molar-refractivity contribution in [3.05, 3.63) is 59.2 Å². The third-order valence-electron chi connectivity index (χ3n) is 4.80. The Morgan fingerprint density at radius 2 is 1.49 bits per heavy atom. The molecule has 0 aliphatic heterocycles. The lowest BCUT2D eigenvalue weighted by Crippen LogP contribution is -2.46. The first kappa shape index (κ1) is 32.8. The van der Waals surface area contributed by atoms with Crippen molar-refractivity contribution in [2.45, 2.75) is 36.6 Å². The van der Waals surface area contributed by atoms with Crippen molar-refractivity contribution in [1.82, 2.24) is 0 Å². The van der Waals surface area contributed by atoms with Gasteiger partial charge in [-0.25, -0.2) is 9.68 Å². The summed E-state index contributed by atoms with van der Waals surface area (Å²) in [5.41, 5.74) is 7.47. The summed E-state index contributed by atoms with van der Waals surface area (Å²) in [6.07, 6.45) is 0. The van der Waals surface area contributed by atoms with Crippen LogP contribution < -0.4 is 10.6 Å². The van der Waals surface area contributed by atoms with Gasteiger partial charge in [-0.05, 0) is 37.1 Å². The minimum absolute atomic E-state index is 0.0263. The predicted molar refractivity (Wildman–Crippen MR) is 138 cm³/mol. The highest BCUT2D eigenvalue weighted by atomic mass is 32.3. The monoisotopic (exact) mass is 627 g/mol. The quantitative estimate of drug-likeness (QED) is 0.130. The van der Waals surface area contributed by atoms with Gasteiger partial charge in [0.1, 0.15) is 12.6 Å². The largest absolute Gasteiger partial charge is 0.460 e. The second-order valence-electron chi connectivity index (χ2n) is 7.30. The molecule has 14 nitrogen and oxygen atoms in total. The number of ether oxygens (including phenoxy) is 1. The molecule has 0 aliphatic carbocycles. The first-order valence-electron chi connectivity index (χ1n) is 10.6. The van der Waals surface area contributed by atoms with E-state index in [1.54, 1.807) is 44.2 Å². The van der Waals surface area contributed by atoms with Crippen molar-refractivity contribution in [3.8, 4) is 5.75 Å². The zero-order valence-electron chi connectivity index (χ0n) is 20.9. The molecule has 0 saturated carbocycles. The summed E-state index contributed by atoms with van der Waals surface area (Å²) in [6.45, 7) is 3.03. The van der Waals surface area contributed by atoms with Crippen LogP contribution in [0.3, 0.4) is 0 Å². The number of hydrogen-bond donors (Lipinski definition) is 1. The Hall–Kier alpha value is -2.42. The van der Waals surface area contributed by atoms with Crippen LogP contribution in [0.5, 0.6) is 5.75 Å². The molecule has 0 aliphatic rings. The maximum absolute atomic E-state index is 12.7. The van der Waals surface area contributed by atoms with Crippen molar-refractivity contribution in [2.24, 2.45) is 5.73 Å². The molecular weight excluding hydrogens is 602 g/mol. The molecule has 0 bridgehead atoms. The van der Waals surface area contributed by atoms with Gasteiger partial charge in [-0.15, -0.1) is 0 Å². The smallest absolute Gasteiger partial charge is 0.410 e. The molecule has 0 heterocycles. The van der Waals surface area contributed by atoms with Gasteiger partial charge in [0.25, 0.3) is 0 Å². The molecule has 2 rings (SSSR count). The van der Waals surface area contributed by atoms with Gasteiger partial charge in [-0.1, -0.05) is 30.3 Å². The molecule has 2 aromatic rings. The number of benzene rings is 2. The molecule has 0 amide bonds. The van der Waals surface area contributed by atoms with Gasteiger partial charge in [0, 0.05) is 22.5 Å². The van der Waals surface area contributed by atoms with E-state index in [-0.39, 0.29) is 24.4 Å². The maximum Gasteiger partial charge on any atom is 0.410 e. The Kier molecular flexibility index (Phi) is 12.5. The van der Waals surface area contributed by atoms with Crippen LogP contribution in [-0.4, -0.2) is 54.3 Å². The zero-order chi connectivity index (χ0) is 29.2. The van der Waals surface area contributed by atoms with Crippen LogP contribution in [0.15, 0.2) is 47.4 Å². The molecule has 2 unspecified atom stereocenters. The van der Waals surface area contributed by atoms with Crippen LogP contribution >= 0.6 is 24.1 Å². The number of hydrogen-bond acceptors (Lipinski definition) is 16. The van der Waals surface area contributed by atoms with Gasteiger partial charge >= 0.3 is 32.7 Å². The molecule has 2 aromatic carbocycles. The van der Waals surface area contributed by atoms with Crippen LogP contribution in [0.4, 0.5) is 0 Å². The molecule has 0 fully saturated rings. The maximum atomic E-state index is 12.7. The Labute approximate surface area is 234 Å². The highest BCUT2D eigenvalue weighted by Gasteiger charge is 2.37. The van der Waals surface area contributed by atoms with Gasteiger partial charge in [-0.3, -0.25) is 18.0 Å². The summed E-state index contributed by atoms with van der Waals surface area (Å²) in [6, 6.07) is 9.55. The van der Waals surface area contributed by atoms with E-state index < -0.39 is 44.0 Å². The van der Waals surface area contributed by atoms with E-state index in [0.717, 1.165) is 14.2 Å². The van der Waals surface area contributed by atoms with Gasteiger partial charge < -0.3 is 10.5 Å². The molecule has 0 spiro atoms. The molecular formula is C21H25NO13S4. The summed E-state index contributed by atoms with van der Waals surface area (Å²) < 4.78 is 68.6. The molecule has 0 radical (unpaired) electrons. The van der Waals surface area contributed by atoms with Crippen molar-refractivity contribution >= 4 is 56.8 Å². The van der Waals surface area contributed by atoms with Crippen molar-refractivity contribution in [3.63, 3.8) is 0 Å².